The monoisotopic (exact) mass is 279 g/mol. The molecule has 1 aliphatic rings. The molecule has 0 bridgehead atoms. The number of piperidine rings is 1. The SMILES string of the molecule is CCCOc1cc(N2CCCCC2CC(=O)O)ncn1. The maximum atomic E-state index is 11.0. The standard InChI is InChI=1S/C14H21N3O3/c1-2-7-20-13-9-12(15-10-16-13)17-6-4-3-5-11(17)8-14(18)19/h9-11H,2-8H2,1H3,(H,18,19). The number of ether oxygens (including phenoxy) is 1. The van der Waals surface area contributed by atoms with Gasteiger partial charge in [-0.2, -0.15) is 0 Å². The third kappa shape index (κ3) is 3.82. The molecule has 1 N–H and O–H groups in total. The van der Waals surface area contributed by atoms with Gasteiger partial charge in [0, 0.05) is 18.7 Å². The molecule has 1 fully saturated rings. The number of carbonyl (C=O) groups is 1. The van der Waals surface area contributed by atoms with Crippen molar-refractivity contribution in [1.29, 1.82) is 0 Å². The van der Waals surface area contributed by atoms with Gasteiger partial charge in [-0.15, -0.1) is 0 Å². The van der Waals surface area contributed by atoms with Crippen molar-refractivity contribution in [2.45, 2.75) is 45.1 Å². The van der Waals surface area contributed by atoms with Crippen molar-refractivity contribution in [3.8, 4) is 5.88 Å². The molecule has 1 aromatic rings. The van der Waals surface area contributed by atoms with Gasteiger partial charge in [0.25, 0.3) is 0 Å². The molecule has 0 aromatic carbocycles. The van der Waals surface area contributed by atoms with Crippen LogP contribution in [0.4, 0.5) is 5.82 Å². The molecule has 0 spiro atoms. The summed E-state index contributed by atoms with van der Waals surface area (Å²) in [5.74, 6) is 0.548. The Morgan fingerprint density at radius 1 is 1.50 bits per heavy atom. The maximum Gasteiger partial charge on any atom is 0.305 e. The van der Waals surface area contributed by atoms with E-state index in [-0.39, 0.29) is 12.5 Å². The Morgan fingerprint density at radius 2 is 2.35 bits per heavy atom. The molecule has 1 aromatic heterocycles. The summed E-state index contributed by atoms with van der Waals surface area (Å²) in [4.78, 5) is 21.4. The van der Waals surface area contributed by atoms with Gasteiger partial charge in [0.05, 0.1) is 13.0 Å². The number of hydrogen-bond acceptors (Lipinski definition) is 5. The smallest absolute Gasteiger partial charge is 0.305 e. The average Bonchev–Trinajstić information content (AvgIpc) is 2.45. The highest BCUT2D eigenvalue weighted by Crippen LogP contribution is 2.26. The second-order valence-corrected chi connectivity index (χ2v) is 5.00. The van der Waals surface area contributed by atoms with E-state index in [1.807, 2.05) is 6.92 Å². The first kappa shape index (κ1) is 14.6. The van der Waals surface area contributed by atoms with Crippen LogP contribution in [0, 0.1) is 0 Å². The highest BCUT2D eigenvalue weighted by atomic mass is 16.5. The Hall–Kier alpha value is -1.85. The van der Waals surface area contributed by atoms with Gasteiger partial charge in [-0.05, 0) is 25.7 Å². The van der Waals surface area contributed by atoms with Crippen LogP contribution < -0.4 is 9.64 Å². The number of aliphatic carboxylic acids is 1. The van der Waals surface area contributed by atoms with Gasteiger partial charge in [0.15, 0.2) is 0 Å². The van der Waals surface area contributed by atoms with Crippen LogP contribution in [0.15, 0.2) is 12.4 Å². The summed E-state index contributed by atoms with van der Waals surface area (Å²) < 4.78 is 5.51. The summed E-state index contributed by atoms with van der Waals surface area (Å²) in [7, 11) is 0. The first-order valence-corrected chi connectivity index (χ1v) is 7.14. The summed E-state index contributed by atoms with van der Waals surface area (Å²) in [6.07, 6.45) is 5.57. The van der Waals surface area contributed by atoms with Gasteiger partial charge in [0.1, 0.15) is 12.1 Å². The van der Waals surface area contributed by atoms with Crippen molar-refractivity contribution in [2.75, 3.05) is 18.1 Å². The molecule has 110 valence electrons. The fourth-order valence-electron chi connectivity index (χ4n) is 2.49. The predicted octanol–water partition coefficient (Wildman–Crippen LogP) is 2.10. The minimum absolute atomic E-state index is 0.00942. The zero-order chi connectivity index (χ0) is 14.4. The first-order valence-electron chi connectivity index (χ1n) is 7.14. The largest absolute Gasteiger partial charge is 0.481 e. The van der Waals surface area contributed by atoms with E-state index in [0.717, 1.165) is 38.0 Å². The van der Waals surface area contributed by atoms with Crippen LogP contribution in [0.25, 0.3) is 0 Å². The second-order valence-electron chi connectivity index (χ2n) is 5.00. The number of aromatic nitrogens is 2. The number of nitrogens with zero attached hydrogens (tertiary/aromatic N) is 3. The molecule has 0 aliphatic carbocycles. The molecular formula is C14H21N3O3. The minimum atomic E-state index is -0.765. The Bertz CT molecular complexity index is 453. The van der Waals surface area contributed by atoms with Crippen LogP contribution >= 0.6 is 0 Å². The molecule has 1 unspecified atom stereocenters. The molecule has 0 saturated carbocycles. The second kappa shape index (κ2) is 7.07. The van der Waals surface area contributed by atoms with E-state index in [1.165, 1.54) is 6.33 Å². The lowest BCUT2D eigenvalue weighted by Gasteiger charge is -2.35. The molecule has 2 rings (SSSR count). The van der Waals surface area contributed by atoms with E-state index >= 15 is 0 Å². The number of carboxylic acids is 1. The highest BCUT2D eigenvalue weighted by Gasteiger charge is 2.26. The molecule has 20 heavy (non-hydrogen) atoms. The normalized spacial score (nSPS) is 18.9. The first-order chi connectivity index (χ1) is 9.70. The van der Waals surface area contributed by atoms with E-state index in [0.29, 0.717) is 12.5 Å². The molecule has 6 heteroatoms. The topological polar surface area (TPSA) is 75.5 Å². The van der Waals surface area contributed by atoms with E-state index in [9.17, 15) is 4.79 Å². The fraction of sp³-hybridized carbons (Fsp3) is 0.643. The minimum Gasteiger partial charge on any atom is -0.481 e. The van der Waals surface area contributed by atoms with E-state index < -0.39 is 5.97 Å². The summed E-state index contributed by atoms with van der Waals surface area (Å²) in [6.45, 7) is 3.49. The number of hydrogen-bond donors (Lipinski definition) is 1. The van der Waals surface area contributed by atoms with Gasteiger partial charge >= 0.3 is 5.97 Å². The van der Waals surface area contributed by atoms with Gasteiger partial charge in [0.2, 0.25) is 5.88 Å². The predicted molar refractivity (Wildman–Crippen MR) is 75.1 cm³/mol. The quantitative estimate of drug-likeness (QED) is 0.859. The van der Waals surface area contributed by atoms with Crippen LogP contribution in [0.2, 0.25) is 0 Å². The zero-order valence-electron chi connectivity index (χ0n) is 11.8. The van der Waals surface area contributed by atoms with Crippen LogP contribution in [-0.4, -0.2) is 40.2 Å². The van der Waals surface area contributed by atoms with E-state index in [1.54, 1.807) is 6.07 Å². The molecule has 2 heterocycles. The molecule has 1 atom stereocenters. The maximum absolute atomic E-state index is 11.0. The van der Waals surface area contributed by atoms with E-state index in [4.69, 9.17) is 9.84 Å². The third-order valence-electron chi connectivity index (χ3n) is 3.41. The Balaban J connectivity index is 2.12. The average molecular weight is 279 g/mol. The Morgan fingerprint density at radius 3 is 3.10 bits per heavy atom. The van der Waals surface area contributed by atoms with Crippen molar-refractivity contribution >= 4 is 11.8 Å². The van der Waals surface area contributed by atoms with Gasteiger partial charge in [-0.3, -0.25) is 4.79 Å². The summed E-state index contributed by atoms with van der Waals surface area (Å²) in [5, 5.41) is 9.02. The van der Waals surface area contributed by atoms with Gasteiger partial charge in [-0.1, -0.05) is 6.92 Å². The number of rotatable bonds is 6. The lowest BCUT2D eigenvalue weighted by molar-refractivity contribution is -0.137. The lowest BCUT2D eigenvalue weighted by Crippen LogP contribution is -2.41. The van der Waals surface area contributed by atoms with Crippen LogP contribution in [0.5, 0.6) is 5.88 Å². The lowest BCUT2D eigenvalue weighted by atomic mass is 9.99. The zero-order valence-corrected chi connectivity index (χ0v) is 11.8. The van der Waals surface area contributed by atoms with Crippen LogP contribution in [0.1, 0.15) is 39.0 Å². The van der Waals surface area contributed by atoms with Crippen molar-refractivity contribution < 1.29 is 14.6 Å². The van der Waals surface area contributed by atoms with Crippen molar-refractivity contribution in [3.63, 3.8) is 0 Å². The summed E-state index contributed by atoms with van der Waals surface area (Å²) in [6, 6.07) is 1.81. The van der Waals surface area contributed by atoms with Gasteiger partial charge in [-0.25, -0.2) is 9.97 Å². The Labute approximate surface area is 118 Å². The molecule has 6 nitrogen and oxygen atoms in total. The van der Waals surface area contributed by atoms with Crippen molar-refractivity contribution in [2.24, 2.45) is 0 Å². The van der Waals surface area contributed by atoms with Gasteiger partial charge < -0.3 is 14.7 Å². The summed E-state index contributed by atoms with van der Waals surface area (Å²) in [5.41, 5.74) is 0. The molecule has 0 amide bonds. The highest BCUT2D eigenvalue weighted by molar-refractivity contribution is 5.68. The summed E-state index contributed by atoms with van der Waals surface area (Å²) >= 11 is 0. The number of carboxylic acid groups (broad SMARTS) is 1. The fourth-order valence-corrected chi connectivity index (χ4v) is 2.49. The number of anilines is 1. The molecule has 0 radical (unpaired) electrons. The molecule has 1 saturated heterocycles. The third-order valence-corrected chi connectivity index (χ3v) is 3.41. The van der Waals surface area contributed by atoms with Crippen molar-refractivity contribution in [3.05, 3.63) is 12.4 Å². The van der Waals surface area contributed by atoms with Crippen LogP contribution in [0.3, 0.4) is 0 Å². The van der Waals surface area contributed by atoms with E-state index in [2.05, 4.69) is 14.9 Å². The van der Waals surface area contributed by atoms with Crippen molar-refractivity contribution in [1.82, 2.24) is 9.97 Å². The molecular weight excluding hydrogens is 258 g/mol. The molecule has 1 aliphatic heterocycles. The Kier molecular flexibility index (Phi) is 5.15. The van der Waals surface area contributed by atoms with Crippen LogP contribution in [-0.2, 0) is 4.79 Å².